The summed E-state index contributed by atoms with van der Waals surface area (Å²) in [6, 6.07) is 4.28. The van der Waals surface area contributed by atoms with Gasteiger partial charge in [-0.1, -0.05) is 29.8 Å². The van der Waals surface area contributed by atoms with Gasteiger partial charge in [-0.3, -0.25) is 4.79 Å². The molecule has 2 rings (SSSR count). The summed E-state index contributed by atoms with van der Waals surface area (Å²) in [5.41, 5.74) is 0.0372. The van der Waals surface area contributed by atoms with Crippen LogP contribution in [-0.4, -0.2) is 54.6 Å². The fourth-order valence-corrected chi connectivity index (χ4v) is 2.61. The Kier molecular flexibility index (Phi) is 5.98. The molecule has 1 aromatic rings. The molecule has 7 heteroatoms. The van der Waals surface area contributed by atoms with E-state index in [1.165, 1.54) is 12.1 Å². The lowest BCUT2D eigenvalue weighted by atomic mass is 10.1. The molecule has 5 nitrogen and oxygen atoms in total. The van der Waals surface area contributed by atoms with Crippen molar-refractivity contribution in [3.05, 3.63) is 34.1 Å². The molecule has 1 aliphatic heterocycles. The van der Waals surface area contributed by atoms with Crippen LogP contribution >= 0.6 is 15.9 Å². The summed E-state index contributed by atoms with van der Waals surface area (Å²) in [5.74, 6) is -0.628. The average molecular weight is 387 g/mol. The molecule has 0 atom stereocenters. The third-order valence-corrected chi connectivity index (χ3v) is 4.02. The Morgan fingerprint density at radius 1 is 1.22 bits per heavy atom. The number of benzene rings is 1. The van der Waals surface area contributed by atoms with Crippen LogP contribution in [-0.2, 0) is 4.74 Å². The Morgan fingerprint density at radius 3 is 2.43 bits per heavy atom. The van der Waals surface area contributed by atoms with Gasteiger partial charge in [-0.15, -0.1) is 0 Å². The summed E-state index contributed by atoms with van der Waals surface area (Å²) < 4.78 is 19.6. The van der Waals surface area contributed by atoms with E-state index < -0.39 is 5.82 Å². The van der Waals surface area contributed by atoms with Crippen LogP contribution in [0.15, 0.2) is 22.7 Å². The predicted octanol–water partition coefficient (Wildman–Crippen LogP) is 3.14. The van der Waals surface area contributed by atoms with Crippen LogP contribution in [0.2, 0.25) is 0 Å². The topological polar surface area (TPSA) is 49.9 Å². The van der Waals surface area contributed by atoms with Gasteiger partial charge in [0.25, 0.3) is 5.91 Å². The van der Waals surface area contributed by atoms with Gasteiger partial charge in [0.1, 0.15) is 5.82 Å². The van der Waals surface area contributed by atoms with Gasteiger partial charge in [-0.2, -0.15) is 0 Å². The third kappa shape index (κ3) is 4.67. The van der Waals surface area contributed by atoms with Crippen molar-refractivity contribution in [3.63, 3.8) is 0 Å². The standard InChI is InChI=1S/C16H20BrFN2O3/c1-11(2)10-23-16(22)20-7-5-19(6-8-20)15(21)13-9-12(17)3-4-14(13)18/h3-4,9,11H,5-8,10H2,1-2H3. The fourth-order valence-electron chi connectivity index (χ4n) is 2.25. The molecule has 0 aliphatic carbocycles. The molecule has 1 heterocycles. The molecule has 0 N–H and O–H groups in total. The number of amides is 2. The summed E-state index contributed by atoms with van der Waals surface area (Å²) in [7, 11) is 0. The van der Waals surface area contributed by atoms with Crippen molar-refractivity contribution in [3.8, 4) is 0 Å². The third-order valence-electron chi connectivity index (χ3n) is 3.52. The molecule has 0 bridgehead atoms. The highest BCUT2D eigenvalue weighted by Crippen LogP contribution is 2.18. The Morgan fingerprint density at radius 2 is 1.83 bits per heavy atom. The maximum atomic E-state index is 13.8. The molecule has 0 radical (unpaired) electrons. The van der Waals surface area contributed by atoms with Gasteiger partial charge in [0.15, 0.2) is 0 Å². The maximum absolute atomic E-state index is 13.8. The maximum Gasteiger partial charge on any atom is 0.409 e. The Bertz CT molecular complexity index is 587. The van der Waals surface area contributed by atoms with Crippen molar-refractivity contribution in [2.75, 3.05) is 32.8 Å². The molecule has 126 valence electrons. The van der Waals surface area contributed by atoms with Crippen LogP contribution in [0.25, 0.3) is 0 Å². The molecule has 0 unspecified atom stereocenters. The summed E-state index contributed by atoms with van der Waals surface area (Å²) in [6.45, 7) is 5.81. The van der Waals surface area contributed by atoms with Crippen LogP contribution in [0.4, 0.5) is 9.18 Å². The number of carbonyl (C=O) groups is 2. The van der Waals surface area contributed by atoms with Gasteiger partial charge in [0.2, 0.25) is 0 Å². The van der Waals surface area contributed by atoms with E-state index in [4.69, 9.17) is 4.74 Å². The number of hydrogen-bond acceptors (Lipinski definition) is 3. The number of halogens is 2. The zero-order valence-corrected chi connectivity index (χ0v) is 14.8. The van der Waals surface area contributed by atoms with Crippen molar-refractivity contribution >= 4 is 27.9 Å². The Balaban J connectivity index is 1.92. The second kappa shape index (κ2) is 7.77. The number of nitrogens with zero attached hydrogens (tertiary/aromatic N) is 2. The minimum atomic E-state index is -0.544. The highest BCUT2D eigenvalue weighted by Gasteiger charge is 2.27. The first-order valence-corrected chi connectivity index (χ1v) is 8.34. The molecule has 0 spiro atoms. The zero-order chi connectivity index (χ0) is 17.0. The van der Waals surface area contributed by atoms with Crippen molar-refractivity contribution in [2.45, 2.75) is 13.8 Å². The molecule has 1 aliphatic rings. The largest absolute Gasteiger partial charge is 0.449 e. The van der Waals surface area contributed by atoms with E-state index >= 15 is 0 Å². The average Bonchev–Trinajstić information content (AvgIpc) is 2.54. The van der Waals surface area contributed by atoms with Gasteiger partial charge < -0.3 is 14.5 Å². The zero-order valence-electron chi connectivity index (χ0n) is 13.2. The lowest BCUT2D eigenvalue weighted by Crippen LogP contribution is -2.51. The molecular weight excluding hydrogens is 367 g/mol. The first-order valence-electron chi connectivity index (χ1n) is 7.54. The van der Waals surface area contributed by atoms with Crippen LogP contribution in [0.3, 0.4) is 0 Å². The van der Waals surface area contributed by atoms with Gasteiger partial charge in [-0.05, 0) is 24.1 Å². The number of ether oxygens (including phenoxy) is 1. The molecular formula is C16H20BrFN2O3. The van der Waals surface area contributed by atoms with E-state index in [-0.39, 0.29) is 23.5 Å². The second-order valence-electron chi connectivity index (χ2n) is 5.87. The SMILES string of the molecule is CC(C)COC(=O)N1CCN(C(=O)c2cc(Br)ccc2F)CC1. The highest BCUT2D eigenvalue weighted by atomic mass is 79.9. The molecule has 1 fully saturated rings. The first kappa shape index (κ1) is 17.7. The van der Waals surface area contributed by atoms with Crippen molar-refractivity contribution < 1.29 is 18.7 Å². The van der Waals surface area contributed by atoms with Crippen LogP contribution < -0.4 is 0 Å². The van der Waals surface area contributed by atoms with Crippen LogP contribution in [0.1, 0.15) is 24.2 Å². The van der Waals surface area contributed by atoms with E-state index in [1.807, 2.05) is 13.8 Å². The highest BCUT2D eigenvalue weighted by molar-refractivity contribution is 9.10. The van der Waals surface area contributed by atoms with Crippen LogP contribution in [0.5, 0.6) is 0 Å². The lowest BCUT2D eigenvalue weighted by Gasteiger charge is -2.34. The summed E-state index contributed by atoms with van der Waals surface area (Å²) in [4.78, 5) is 27.4. The van der Waals surface area contributed by atoms with Gasteiger partial charge >= 0.3 is 6.09 Å². The lowest BCUT2D eigenvalue weighted by molar-refractivity contribution is 0.0532. The quantitative estimate of drug-likeness (QED) is 0.801. The monoisotopic (exact) mass is 386 g/mol. The summed E-state index contributed by atoms with van der Waals surface area (Å²) in [6.07, 6.45) is -0.362. The Labute approximate surface area is 143 Å². The second-order valence-corrected chi connectivity index (χ2v) is 6.79. The minimum absolute atomic E-state index is 0.0372. The van der Waals surface area contributed by atoms with E-state index in [0.29, 0.717) is 37.3 Å². The number of rotatable bonds is 3. The van der Waals surface area contributed by atoms with E-state index in [0.717, 1.165) is 0 Å². The molecule has 23 heavy (non-hydrogen) atoms. The molecule has 1 saturated heterocycles. The first-order chi connectivity index (χ1) is 10.9. The molecule has 2 amide bonds. The van der Waals surface area contributed by atoms with Gasteiger partial charge in [0, 0.05) is 30.7 Å². The normalized spacial score (nSPS) is 15.0. The van der Waals surface area contributed by atoms with E-state index in [1.54, 1.807) is 15.9 Å². The molecule has 0 aromatic heterocycles. The number of hydrogen-bond donors (Lipinski definition) is 0. The van der Waals surface area contributed by atoms with Gasteiger partial charge in [0.05, 0.1) is 12.2 Å². The van der Waals surface area contributed by atoms with E-state index in [9.17, 15) is 14.0 Å². The van der Waals surface area contributed by atoms with Gasteiger partial charge in [-0.25, -0.2) is 9.18 Å². The fraction of sp³-hybridized carbons (Fsp3) is 0.500. The number of piperazine rings is 1. The summed E-state index contributed by atoms with van der Waals surface area (Å²) in [5, 5.41) is 0. The van der Waals surface area contributed by atoms with E-state index in [2.05, 4.69) is 15.9 Å². The van der Waals surface area contributed by atoms with Crippen molar-refractivity contribution in [1.82, 2.24) is 9.80 Å². The minimum Gasteiger partial charge on any atom is -0.449 e. The smallest absolute Gasteiger partial charge is 0.409 e. The van der Waals surface area contributed by atoms with Crippen molar-refractivity contribution in [2.24, 2.45) is 5.92 Å². The number of carbonyl (C=O) groups excluding carboxylic acids is 2. The molecule has 0 saturated carbocycles. The van der Waals surface area contributed by atoms with Crippen LogP contribution in [0, 0.1) is 11.7 Å². The van der Waals surface area contributed by atoms with Crippen molar-refractivity contribution in [1.29, 1.82) is 0 Å². The predicted molar refractivity (Wildman–Crippen MR) is 87.8 cm³/mol. The summed E-state index contributed by atoms with van der Waals surface area (Å²) >= 11 is 3.24. The Hall–Kier alpha value is -1.63. The molecule has 1 aromatic carbocycles.